The van der Waals surface area contributed by atoms with Gasteiger partial charge in [0, 0.05) is 0 Å². The van der Waals surface area contributed by atoms with Gasteiger partial charge in [0.05, 0.1) is 11.7 Å². The van der Waals surface area contributed by atoms with Crippen molar-refractivity contribution in [1.29, 1.82) is 0 Å². The van der Waals surface area contributed by atoms with Crippen molar-refractivity contribution in [2.75, 3.05) is 0 Å². The first-order valence-electron chi connectivity index (χ1n) is 7.67. The van der Waals surface area contributed by atoms with E-state index in [2.05, 4.69) is 13.8 Å². The van der Waals surface area contributed by atoms with Crippen LogP contribution in [0.2, 0.25) is 0 Å². The molecule has 0 aliphatic heterocycles. The van der Waals surface area contributed by atoms with Gasteiger partial charge in [-0.25, -0.2) is 4.79 Å². The molecule has 3 nitrogen and oxygen atoms in total. The minimum Gasteiger partial charge on any atom is -0.490 e. The quantitative estimate of drug-likeness (QED) is 0.619. The van der Waals surface area contributed by atoms with Gasteiger partial charge >= 0.3 is 5.97 Å². The molecular formula is C17H26O3. The molecule has 0 bridgehead atoms. The van der Waals surface area contributed by atoms with Crippen molar-refractivity contribution in [3.63, 3.8) is 0 Å². The highest BCUT2D eigenvalue weighted by molar-refractivity contribution is 5.87. The summed E-state index contributed by atoms with van der Waals surface area (Å²) in [6, 6.07) is 6.69. The van der Waals surface area contributed by atoms with E-state index in [-0.39, 0.29) is 6.10 Å². The van der Waals surface area contributed by atoms with Gasteiger partial charge in [0.1, 0.15) is 5.75 Å². The summed E-state index contributed by atoms with van der Waals surface area (Å²) in [6.45, 7) is 4.37. The van der Waals surface area contributed by atoms with Crippen LogP contribution in [-0.4, -0.2) is 17.2 Å². The number of hydrogen-bond acceptors (Lipinski definition) is 2. The molecule has 1 unspecified atom stereocenters. The maximum absolute atomic E-state index is 10.8. The van der Waals surface area contributed by atoms with E-state index in [1.54, 1.807) is 24.3 Å². The Balaban J connectivity index is 2.49. The zero-order valence-electron chi connectivity index (χ0n) is 12.6. The molecule has 1 aromatic rings. The minimum atomic E-state index is -0.902. The smallest absolute Gasteiger partial charge is 0.335 e. The molecule has 0 saturated carbocycles. The molecule has 0 heterocycles. The van der Waals surface area contributed by atoms with E-state index in [4.69, 9.17) is 9.84 Å². The Kier molecular flexibility index (Phi) is 7.78. The lowest BCUT2D eigenvalue weighted by Gasteiger charge is -2.18. The van der Waals surface area contributed by atoms with Gasteiger partial charge in [0.2, 0.25) is 0 Å². The highest BCUT2D eigenvalue weighted by Gasteiger charge is 2.10. The van der Waals surface area contributed by atoms with E-state index in [1.165, 1.54) is 25.7 Å². The fourth-order valence-corrected chi connectivity index (χ4v) is 2.25. The van der Waals surface area contributed by atoms with Gasteiger partial charge in [-0.15, -0.1) is 0 Å². The van der Waals surface area contributed by atoms with Crippen molar-refractivity contribution in [2.24, 2.45) is 0 Å². The third-order valence-corrected chi connectivity index (χ3v) is 3.39. The van der Waals surface area contributed by atoms with Crippen molar-refractivity contribution in [3.8, 4) is 5.75 Å². The molecule has 0 radical (unpaired) electrons. The second kappa shape index (κ2) is 9.40. The molecule has 1 rings (SSSR count). The standard InChI is InChI=1S/C17H26O3/c1-3-5-6-7-9-15(8-4-2)20-16-12-10-14(11-13-16)17(18)19/h10-13,15H,3-9H2,1-2H3,(H,18,19). The van der Waals surface area contributed by atoms with Crippen LogP contribution in [0.4, 0.5) is 0 Å². The van der Waals surface area contributed by atoms with Gasteiger partial charge in [-0.2, -0.15) is 0 Å². The van der Waals surface area contributed by atoms with Gasteiger partial charge in [-0.1, -0.05) is 39.5 Å². The zero-order valence-corrected chi connectivity index (χ0v) is 12.6. The third-order valence-electron chi connectivity index (χ3n) is 3.39. The molecule has 1 atom stereocenters. The molecular weight excluding hydrogens is 252 g/mol. The van der Waals surface area contributed by atoms with Crippen LogP contribution in [-0.2, 0) is 0 Å². The average Bonchev–Trinajstić information content (AvgIpc) is 2.44. The third kappa shape index (κ3) is 6.09. The van der Waals surface area contributed by atoms with Crippen LogP contribution in [0.1, 0.15) is 69.2 Å². The predicted octanol–water partition coefficient (Wildman–Crippen LogP) is 4.90. The van der Waals surface area contributed by atoms with E-state index in [0.29, 0.717) is 5.56 Å². The summed E-state index contributed by atoms with van der Waals surface area (Å²) in [4.78, 5) is 10.8. The van der Waals surface area contributed by atoms with Crippen molar-refractivity contribution in [2.45, 2.75) is 64.9 Å². The highest BCUT2D eigenvalue weighted by atomic mass is 16.5. The fraction of sp³-hybridized carbons (Fsp3) is 0.588. The van der Waals surface area contributed by atoms with Crippen LogP contribution in [0, 0.1) is 0 Å². The number of carboxylic acid groups (broad SMARTS) is 1. The summed E-state index contributed by atoms with van der Waals surface area (Å²) in [7, 11) is 0. The minimum absolute atomic E-state index is 0.243. The van der Waals surface area contributed by atoms with Crippen molar-refractivity contribution in [1.82, 2.24) is 0 Å². The SMILES string of the molecule is CCCCCCC(CCC)Oc1ccc(C(=O)O)cc1. The lowest BCUT2D eigenvalue weighted by atomic mass is 10.1. The summed E-state index contributed by atoms with van der Waals surface area (Å²) in [5.74, 6) is -0.134. The van der Waals surface area contributed by atoms with Gasteiger partial charge in [0.15, 0.2) is 0 Å². The van der Waals surface area contributed by atoms with Crippen LogP contribution < -0.4 is 4.74 Å². The summed E-state index contributed by atoms with van der Waals surface area (Å²) >= 11 is 0. The molecule has 0 aromatic heterocycles. The van der Waals surface area contributed by atoms with E-state index >= 15 is 0 Å². The topological polar surface area (TPSA) is 46.5 Å². The van der Waals surface area contributed by atoms with E-state index in [1.807, 2.05) is 0 Å². The number of benzene rings is 1. The molecule has 1 aromatic carbocycles. The Morgan fingerprint density at radius 3 is 2.30 bits per heavy atom. The van der Waals surface area contributed by atoms with Gasteiger partial charge < -0.3 is 9.84 Å². The number of unbranched alkanes of at least 4 members (excludes halogenated alkanes) is 3. The van der Waals surface area contributed by atoms with Gasteiger partial charge in [-0.05, 0) is 43.5 Å². The zero-order chi connectivity index (χ0) is 14.8. The molecule has 0 saturated heterocycles. The second-order valence-electron chi connectivity index (χ2n) is 5.21. The molecule has 0 fully saturated rings. The Morgan fingerprint density at radius 2 is 1.75 bits per heavy atom. The van der Waals surface area contributed by atoms with Crippen LogP contribution in [0.5, 0.6) is 5.75 Å². The van der Waals surface area contributed by atoms with Gasteiger partial charge in [0.25, 0.3) is 0 Å². The molecule has 20 heavy (non-hydrogen) atoms. The highest BCUT2D eigenvalue weighted by Crippen LogP contribution is 2.19. The number of ether oxygens (including phenoxy) is 1. The Bertz CT molecular complexity index is 384. The summed E-state index contributed by atoms with van der Waals surface area (Å²) in [5, 5.41) is 8.87. The van der Waals surface area contributed by atoms with E-state index in [9.17, 15) is 4.79 Å². The van der Waals surface area contributed by atoms with Crippen LogP contribution >= 0.6 is 0 Å². The average molecular weight is 278 g/mol. The number of rotatable bonds is 10. The Labute approximate surface area is 122 Å². The monoisotopic (exact) mass is 278 g/mol. The summed E-state index contributed by atoms with van der Waals surface area (Å²) < 4.78 is 5.98. The number of carboxylic acids is 1. The first-order chi connectivity index (χ1) is 9.67. The predicted molar refractivity (Wildman–Crippen MR) is 81.5 cm³/mol. The maximum atomic E-state index is 10.8. The van der Waals surface area contributed by atoms with Crippen molar-refractivity contribution >= 4 is 5.97 Å². The summed E-state index contributed by atoms with van der Waals surface area (Å²) in [6.07, 6.45) is 8.46. The van der Waals surface area contributed by atoms with Crippen LogP contribution in [0.25, 0.3) is 0 Å². The van der Waals surface area contributed by atoms with Crippen molar-refractivity contribution in [3.05, 3.63) is 29.8 Å². The maximum Gasteiger partial charge on any atom is 0.335 e. The van der Waals surface area contributed by atoms with E-state index < -0.39 is 5.97 Å². The number of carbonyl (C=O) groups is 1. The Hall–Kier alpha value is -1.51. The summed E-state index contributed by atoms with van der Waals surface area (Å²) in [5.41, 5.74) is 0.298. The molecule has 0 amide bonds. The molecule has 112 valence electrons. The van der Waals surface area contributed by atoms with Crippen molar-refractivity contribution < 1.29 is 14.6 Å². The molecule has 3 heteroatoms. The first kappa shape index (κ1) is 16.5. The normalized spacial score (nSPS) is 12.1. The Morgan fingerprint density at radius 1 is 1.05 bits per heavy atom. The largest absolute Gasteiger partial charge is 0.490 e. The van der Waals surface area contributed by atoms with Gasteiger partial charge in [-0.3, -0.25) is 0 Å². The molecule has 0 spiro atoms. The number of aromatic carboxylic acids is 1. The molecule has 0 aliphatic rings. The van der Waals surface area contributed by atoms with E-state index in [0.717, 1.165) is 25.0 Å². The molecule has 1 N–H and O–H groups in total. The molecule has 0 aliphatic carbocycles. The first-order valence-corrected chi connectivity index (χ1v) is 7.67. The van der Waals surface area contributed by atoms with Crippen LogP contribution in [0.3, 0.4) is 0 Å². The lowest BCUT2D eigenvalue weighted by Crippen LogP contribution is -2.16. The lowest BCUT2D eigenvalue weighted by molar-refractivity contribution is 0.0697. The fourth-order valence-electron chi connectivity index (χ4n) is 2.25. The second-order valence-corrected chi connectivity index (χ2v) is 5.21. The number of hydrogen-bond donors (Lipinski definition) is 1. The van der Waals surface area contributed by atoms with Crippen LogP contribution in [0.15, 0.2) is 24.3 Å².